The minimum Gasteiger partial charge on any atom is -0.379 e. The van der Waals surface area contributed by atoms with Crippen LogP contribution in [0.3, 0.4) is 0 Å². The Morgan fingerprint density at radius 3 is 2.56 bits per heavy atom. The summed E-state index contributed by atoms with van der Waals surface area (Å²) >= 11 is 0. The van der Waals surface area contributed by atoms with Gasteiger partial charge in [-0.1, -0.05) is 0 Å². The van der Waals surface area contributed by atoms with E-state index in [2.05, 4.69) is 63.7 Å². The Morgan fingerprint density at radius 1 is 1.09 bits per heavy atom. The Labute approximate surface area is 188 Å². The van der Waals surface area contributed by atoms with Gasteiger partial charge in [0.1, 0.15) is 11.3 Å². The van der Waals surface area contributed by atoms with E-state index in [1.165, 1.54) is 0 Å². The third-order valence-corrected chi connectivity index (χ3v) is 5.92. The van der Waals surface area contributed by atoms with Crippen LogP contribution in [0.1, 0.15) is 26.5 Å². The second-order valence-electron chi connectivity index (χ2n) is 9.10. The second-order valence-corrected chi connectivity index (χ2v) is 9.10. The number of nitrogens with zero attached hydrogens (tertiary/aromatic N) is 5. The summed E-state index contributed by atoms with van der Waals surface area (Å²) in [5, 5.41) is 11.0. The summed E-state index contributed by atoms with van der Waals surface area (Å²) in [6.07, 6.45) is 3.75. The van der Waals surface area contributed by atoms with Crippen molar-refractivity contribution < 1.29 is 4.74 Å². The quantitative estimate of drug-likeness (QED) is 0.541. The lowest BCUT2D eigenvalue weighted by Gasteiger charge is -2.37. The van der Waals surface area contributed by atoms with Gasteiger partial charge in [0, 0.05) is 43.8 Å². The number of hydrogen-bond donors (Lipinski definition) is 3. The molecule has 2 fully saturated rings. The molecule has 3 N–H and O–H groups in total. The SMILES string of the molecule is CC(C)Nc1nc(C2(C)COC2)cc2cnc(Nc3ccc(N4CCNCC4)cn3)nc12. The molecule has 3 aromatic rings. The fourth-order valence-corrected chi connectivity index (χ4v) is 4.02. The van der Waals surface area contributed by atoms with Gasteiger partial charge in [0.2, 0.25) is 5.95 Å². The molecule has 0 bridgehead atoms. The molecule has 0 amide bonds. The number of aromatic nitrogens is 4. The molecule has 3 aromatic heterocycles. The maximum atomic E-state index is 5.44. The van der Waals surface area contributed by atoms with Crippen molar-refractivity contribution in [1.82, 2.24) is 25.3 Å². The summed E-state index contributed by atoms with van der Waals surface area (Å²) in [4.78, 5) is 21.1. The number of fused-ring (bicyclic) bond motifs is 1. The van der Waals surface area contributed by atoms with Crippen LogP contribution in [0.25, 0.3) is 10.9 Å². The Morgan fingerprint density at radius 2 is 1.91 bits per heavy atom. The van der Waals surface area contributed by atoms with Crippen LogP contribution in [-0.2, 0) is 10.2 Å². The monoisotopic (exact) mass is 434 g/mol. The molecular weight excluding hydrogens is 404 g/mol. The largest absolute Gasteiger partial charge is 0.379 e. The summed E-state index contributed by atoms with van der Waals surface area (Å²) < 4.78 is 5.44. The lowest BCUT2D eigenvalue weighted by molar-refractivity contribution is -0.0519. The Bertz CT molecular complexity index is 1090. The predicted molar refractivity (Wildman–Crippen MR) is 127 cm³/mol. The zero-order chi connectivity index (χ0) is 22.1. The number of anilines is 4. The lowest BCUT2D eigenvalue weighted by atomic mass is 9.84. The number of pyridine rings is 2. The molecule has 0 atom stereocenters. The first-order valence-corrected chi connectivity index (χ1v) is 11.2. The van der Waals surface area contributed by atoms with Gasteiger partial charge >= 0.3 is 0 Å². The van der Waals surface area contributed by atoms with Crippen LogP contribution >= 0.6 is 0 Å². The highest BCUT2D eigenvalue weighted by atomic mass is 16.5. The first kappa shape index (κ1) is 20.8. The van der Waals surface area contributed by atoms with Crippen molar-refractivity contribution in [1.29, 1.82) is 0 Å². The van der Waals surface area contributed by atoms with Gasteiger partial charge in [-0.3, -0.25) is 0 Å². The Kier molecular flexibility index (Phi) is 5.52. The number of nitrogens with one attached hydrogen (secondary N) is 3. The van der Waals surface area contributed by atoms with Crippen LogP contribution in [0, 0.1) is 0 Å². The first-order valence-electron chi connectivity index (χ1n) is 11.2. The number of rotatable bonds is 6. The molecule has 9 nitrogen and oxygen atoms in total. The molecule has 0 radical (unpaired) electrons. The minimum absolute atomic E-state index is 0.0609. The molecule has 168 valence electrons. The number of hydrogen-bond acceptors (Lipinski definition) is 9. The van der Waals surface area contributed by atoms with Gasteiger partial charge in [-0.25, -0.2) is 19.9 Å². The van der Waals surface area contributed by atoms with E-state index >= 15 is 0 Å². The van der Waals surface area contributed by atoms with Crippen LogP contribution in [0.5, 0.6) is 0 Å². The van der Waals surface area contributed by atoms with E-state index in [0.29, 0.717) is 25.0 Å². The van der Waals surface area contributed by atoms with E-state index in [-0.39, 0.29) is 11.5 Å². The van der Waals surface area contributed by atoms with Crippen molar-refractivity contribution >= 4 is 34.2 Å². The van der Waals surface area contributed by atoms with Crippen LogP contribution < -0.4 is 20.9 Å². The van der Waals surface area contributed by atoms with E-state index in [1.54, 1.807) is 0 Å². The predicted octanol–water partition coefficient (Wildman–Crippen LogP) is 2.68. The molecule has 2 aliphatic heterocycles. The molecule has 9 heteroatoms. The first-order chi connectivity index (χ1) is 15.5. The Hall–Kier alpha value is -3.04. The standard InChI is InChI=1S/C23H30N8O/c1-15(2)27-21-20-16(10-18(28-21)23(3)13-32-14-23)11-26-22(30-20)29-19-5-4-17(12-25-19)31-8-6-24-7-9-31/h4-5,10-12,15,24H,6-9,13-14H2,1-3H3,(H,27,28)(H,25,26,29,30). The molecule has 0 spiro atoms. The van der Waals surface area contributed by atoms with Crippen LogP contribution in [0.2, 0.25) is 0 Å². The molecule has 0 aromatic carbocycles. The van der Waals surface area contributed by atoms with E-state index < -0.39 is 0 Å². The highest BCUT2D eigenvalue weighted by Gasteiger charge is 2.37. The number of piperazine rings is 1. The zero-order valence-electron chi connectivity index (χ0n) is 18.9. The van der Waals surface area contributed by atoms with Crippen LogP contribution in [-0.4, -0.2) is 65.4 Å². The summed E-state index contributed by atoms with van der Waals surface area (Å²) in [5.41, 5.74) is 2.87. The average Bonchev–Trinajstić information content (AvgIpc) is 2.78. The maximum Gasteiger partial charge on any atom is 0.229 e. The maximum absolute atomic E-state index is 5.44. The molecule has 2 aliphatic rings. The second kappa shape index (κ2) is 8.48. The summed E-state index contributed by atoms with van der Waals surface area (Å²) in [7, 11) is 0. The molecule has 2 saturated heterocycles. The third kappa shape index (κ3) is 4.18. The molecular formula is C23H30N8O. The van der Waals surface area contributed by atoms with E-state index in [4.69, 9.17) is 14.7 Å². The summed E-state index contributed by atoms with van der Waals surface area (Å²) in [6, 6.07) is 6.37. The van der Waals surface area contributed by atoms with Crippen molar-refractivity contribution in [3.63, 3.8) is 0 Å². The van der Waals surface area contributed by atoms with Crippen molar-refractivity contribution in [2.24, 2.45) is 0 Å². The summed E-state index contributed by atoms with van der Waals surface area (Å²) in [6.45, 7) is 11.7. The molecule has 32 heavy (non-hydrogen) atoms. The molecule has 5 heterocycles. The van der Waals surface area contributed by atoms with Crippen molar-refractivity contribution in [2.75, 3.05) is 54.9 Å². The third-order valence-electron chi connectivity index (χ3n) is 5.92. The highest BCUT2D eigenvalue weighted by Crippen LogP contribution is 2.34. The zero-order valence-corrected chi connectivity index (χ0v) is 18.9. The minimum atomic E-state index is -0.0609. The van der Waals surface area contributed by atoms with Gasteiger partial charge in [0.05, 0.1) is 36.2 Å². The molecule has 0 aliphatic carbocycles. The van der Waals surface area contributed by atoms with Gasteiger partial charge in [-0.2, -0.15) is 0 Å². The fraction of sp³-hybridized carbons (Fsp3) is 0.478. The highest BCUT2D eigenvalue weighted by molar-refractivity contribution is 5.89. The van der Waals surface area contributed by atoms with Crippen molar-refractivity contribution in [3.8, 4) is 0 Å². The van der Waals surface area contributed by atoms with Gasteiger partial charge in [0.25, 0.3) is 0 Å². The van der Waals surface area contributed by atoms with Crippen LogP contribution in [0.4, 0.5) is 23.3 Å². The average molecular weight is 435 g/mol. The van der Waals surface area contributed by atoms with Gasteiger partial charge in [-0.05, 0) is 39.0 Å². The van der Waals surface area contributed by atoms with Crippen molar-refractivity contribution in [2.45, 2.75) is 32.2 Å². The number of ether oxygens (including phenoxy) is 1. The molecule has 0 unspecified atom stereocenters. The Balaban J connectivity index is 1.41. The van der Waals surface area contributed by atoms with Gasteiger partial charge in [-0.15, -0.1) is 0 Å². The van der Waals surface area contributed by atoms with Gasteiger partial charge in [0.15, 0.2) is 5.82 Å². The van der Waals surface area contributed by atoms with Gasteiger partial charge < -0.3 is 25.6 Å². The van der Waals surface area contributed by atoms with Crippen LogP contribution in [0.15, 0.2) is 30.6 Å². The smallest absolute Gasteiger partial charge is 0.229 e. The topological polar surface area (TPSA) is 100 Å². The van der Waals surface area contributed by atoms with Crippen molar-refractivity contribution in [3.05, 3.63) is 36.3 Å². The molecule has 5 rings (SSSR count). The molecule has 0 saturated carbocycles. The lowest BCUT2D eigenvalue weighted by Crippen LogP contribution is -2.44. The van der Waals surface area contributed by atoms with E-state index in [0.717, 1.165) is 54.3 Å². The normalized spacial score (nSPS) is 17.9. The van der Waals surface area contributed by atoms with E-state index in [1.807, 2.05) is 18.5 Å². The summed E-state index contributed by atoms with van der Waals surface area (Å²) in [5.74, 6) is 1.98. The fourth-order valence-electron chi connectivity index (χ4n) is 4.02. The van der Waals surface area contributed by atoms with E-state index in [9.17, 15) is 0 Å².